The summed E-state index contributed by atoms with van der Waals surface area (Å²) in [5, 5.41) is 6.36. The Labute approximate surface area is 117 Å². The van der Waals surface area contributed by atoms with Crippen molar-refractivity contribution in [3.8, 4) is 0 Å². The molecule has 0 spiro atoms. The molecule has 1 rings (SSSR count). The monoisotopic (exact) mass is 270 g/mol. The molecule has 112 valence electrons. The van der Waals surface area contributed by atoms with Gasteiger partial charge in [-0.3, -0.25) is 4.79 Å². The number of rotatable bonds is 8. The predicted molar refractivity (Wildman–Crippen MR) is 78.1 cm³/mol. The molecule has 0 aromatic heterocycles. The smallest absolute Gasteiger partial charge is 0.222 e. The number of ether oxygens (including phenoxy) is 1. The Bertz CT molecular complexity index is 253. The van der Waals surface area contributed by atoms with E-state index in [4.69, 9.17) is 4.74 Å². The van der Waals surface area contributed by atoms with Crippen molar-refractivity contribution in [2.24, 2.45) is 5.92 Å². The lowest BCUT2D eigenvalue weighted by atomic mass is 10.0. The molecule has 1 saturated heterocycles. The quantitative estimate of drug-likeness (QED) is 0.710. The third-order valence-corrected chi connectivity index (χ3v) is 3.83. The molecule has 2 N–H and O–H groups in total. The summed E-state index contributed by atoms with van der Waals surface area (Å²) in [6, 6.07) is 0.265. The van der Waals surface area contributed by atoms with Crippen molar-refractivity contribution >= 4 is 5.91 Å². The van der Waals surface area contributed by atoms with Crippen molar-refractivity contribution in [1.29, 1.82) is 0 Å². The number of carbonyl (C=O) groups is 1. The zero-order chi connectivity index (χ0) is 14.1. The van der Waals surface area contributed by atoms with Gasteiger partial charge in [0.1, 0.15) is 0 Å². The lowest BCUT2D eigenvalue weighted by molar-refractivity contribution is -0.123. The molecule has 0 saturated carbocycles. The number of hydrogen-bond acceptors (Lipinski definition) is 3. The Balaban J connectivity index is 2.06. The van der Waals surface area contributed by atoms with Gasteiger partial charge in [0.15, 0.2) is 0 Å². The van der Waals surface area contributed by atoms with Gasteiger partial charge >= 0.3 is 0 Å². The summed E-state index contributed by atoms with van der Waals surface area (Å²) in [5.41, 5.74) is 0. The zero-order valence-electron chi connectivity index (χ0n) is 12.7. The second-order valence-electron chi connectivity index (χ2n) is 5.79. The van der Waals surface area contributed by atoms with E-state index in [1.54, 1.807) is 0 Å². The van der Waals surface area contributed by atoms with Crippen molar-refractivity contribution in [1.82, 2.24) is 10.6 Å². The van der Waals surface area contributed by atoms with Crippen molar-refractivity contribution in [2.75, 3.05) is 19.7 Å². The van der Waals surface area contributed by atoms with Crippen LogP contribution < -0.4 is 10.6 Å². The van der Waals surface area contributed by atoms with E-state index in [1.807, 2.05) is 0 Å². The van der Waals surface area contributed by atoms with Crippen LogP contribution in [0.15, 0.2) is 0 Å². The van der Waals surface area contributed by atoms with Crippen molar-refractivity contribution in [2.45, 2.75) is 65.0 Å². The third kappa shape index (κ3) is 7.53. The van der Waals surface area contributed by atoms with E-state index in [2.05, 4.69) is 31.4 Å². The minimum atomic E-state index is 0.115. The van der Waals surface area contributed by atoms with Gasteiger partial charge in [0.05, 0.1) is 12.7 Å². The molecule has 1 heterocycles. The number of piperidine rings is 1. The maximum atomic E-state index is 11.8. The van der Waals surface area contributed by atoms with Gasteiger partial charge in [-0.1, -0.05) is 20.3 Å². The highest BCUT2D eigenvalue weighted by Gasteiger charge is 2.14. The van der Waals surface area contributed by atoms with E-state index in [9.17, 15) is 4.79 Å². The van der Waals surface area contributed by atoms with Crippen molar-refractivity contribution < 1.29 is 9.53 Å². The first-order valence-electron chi connectivity index (χ1n) is 7.73. The molecule has 19 heavy (non-hydrogen) atoms. The van der Waals surface area contributed by atoms with Gasteiger partial charge in [-0.2, -0.15) is 0 Å². The Kier molecular flexibility index (Phi) is 8.07. The second kappa shape index (κ2) is 9.32. The number of hydrogen-bond donors (Lipinski definition) is 2. The third-order valence-electron chi connectivity index (χ3n) is 3.83. The van der Waals surface area contributed by atoms with E-state index in [0.717, 1.165) is 32.4 Å². The highest BCUT2D eigenvalue weighted by Crippen LogP contribution is 2.10. The maximum absolute atomic E-state index is 11.8. The van der Waals surface area contributed by atoms with Crippen LogP contribution >= 0.6 is 0 Å². The van der Waals surface area contributed by atoms with Crippen LogP contribution in [0.2, 0.25) is 0 Å². The topological polar surface area (TPSA) is 50.4 Å². The summed E-state index contributed by atoms with van der Waals surface area (Å²) >= 11 is 0. The molecule has 1 aliphatic heterocycles. The first-order valence-corrected chi connectivity index (χ1v) is 7.73. The van der Waals surface area contributed by atoms with Crippen LogP contribution in [0.4, 0.5) is 0 Å². The molecule has 0 bridgehead atoms. The van der Waals surface area contributed by atoms with Crippen LogP contribution in [-0.2, 0) is 9.53 Å². The molecule has 0 aromatic rings. The van der Waals surface area contributed by atoms with Crippen LogP contribution in [-0.4, -0.2) is 37.7 Å². The zero-order valence-corrected chi connectivity index (χ0v) is 12.7. The fraction of sp³-hybridized carbons (Fsp3) is 0.933. The molecule has 2 unspecified atom stereocenters. The van der Waals surface area contributed by atoms with Gasteiger partial charge < -0.3 is 15.4 Å². The molecule has 4 heteroatoms. The molecular weight excluding hydrogens is 240 g/mol. The van der Waals surface area contributed by atoms with Crippen LogP contribution in [0.5, 0.6) is 0 Å². The van der Waals surface area contributed by atoms with Gasteiger partial charge in [0, 0.05) is 12.5 Å². The van der Waals surface area contributed by atoms with E-state index in [-0.39, 0.29) is 11.9 Å². The Hall–Kier alpha value is -0.610. The Morgan fingerprint density at radius 2 is 2.05 bits per heavy atom. The molecule has 0 aliphatic carbocycles. The van der Waals surface area contributed by atoms with Crippen LogP contribution in [0.1, 0.15) is 52.9 Å². The summed E-state index contributed by atoms with van der Waals surface area (Å²) in [7, 11) is 0. The molecular formula is C15H30N2O2. The minimum Gasteiger partial charge on any atom is -0.378 e. The molecule has 0 radical (unpaired) electrons. The average molecular weight is 270 g/mol. The second-order valence-corrected chi connectivity index (χ2v) is 5.79. The first-order chi connectivity index (χ1) is 9.11. The molecule has 1 amide bonds. The molecule has 2 atom stereocenters. The van der Waals surface area contributed by atoms with E-state index in [1.165, 1.54) is 6.42 Å². The van der Waals surface area contributed by atoms with Gasteiger partial charge in [0.25, 0.3) is 0 Å². The van der Waals surface area contributed by atoms with Crippen LogP contribution in [0, 0.1) is 5.92 Å². The highest BCUT2D eigenvalue weighted by atomic mass is 16.5. The lowest BCUT2D eigenvalue weighted by Crippen LogP contribution is -2.35. The van der Waals surface area contributed by atoms with E-state index in [0.29, 0.717) is 25.0 Å². The summed E-state index contributed by atoms with van der Waals surface area (Å²) in [6.45, 7) is 9.10. The van der Waals surface area contributed by atoms with Gasteiger partial charge in [0.2, 0.25) is 5.91 Å². The maximum Gasteiger partial charge on any atom is 0.222 e. The Morgan fingerprint density at radius 1 is 1.37 bits per heavy atom. The summed E-state index contributed by atoms with van der Waals surface area (Å²) in [5.74, 6) is 0.783. The normalized spacial score (nSPS) is 19.9. The molecule has 1 fully saturated rings. The summed E-state index contributed by atoms with van der Waals surface area (Å²) < 4.78 is 5.74. The Morgan fingerprint density at radius 3 is 2.68 bits per heavy atom. The predicted octanol–water partition coefficient (Wildman–Crippen LogP) is 2.09. The summed E-state index contributed by atoms with van der Waals surface area (Å²) in [6.07, 6.45) is 5.16. The molecule has 1 aliphatic rings. The SMILES string of the molecule is CCC(C)CC(C)NC(=O)CCOC1CCNCC1. The molecule has 4 nitrogen and oxygen atoms in total. The van der Waals surface area contributed by atoms with Crippen molar-refractivity contribution in [3.05, 3.63) is 0 Å². The minimum absolute atomic E-state index is 0.115. The molecule has 0 aromatic carbocycles. The van der Waals surface area contributed by atoms with E-state index >= 15 is 0 Å². The van der Waals surface area contributed by atoms with Crippen LogP contribution in [0.3, 0.4) is 0 Å². The van der Waals surface area contributed by atoms with Gasteiger partial charge in [-0.15, -0.1) is 0 Å². The fourth-order valence-electron chi connectivity index (χ4n) is 2.46. The standard InChI is InChI=1S/C15H30N2O2/c1-4-12(2)11-13(3)17-15(18)7-10-19-14-5-8-16-9-6-14/h12-14,16H,4-11H2,1-3H3,(H,17,18). The summed E-state index contributed by atoms with van der Waals surface area (Å²) in [4.78, 5) is 11.8. The van der Waals surface area contributed by atoms with Gasteiger partial charge in [-0.25, -0.2) is 0 Å². The van der Waals surface area contributed by atoms with Crippen LogP contribution in [0.25, 0.3) is 0 Å². The number of carbonyl (C=O) groups excluding carboxylic acids is 1. The fourth-order valence-corrected chi connectivity index (χ4v) is 2.46. The van der Waals surface area contributed by atoms with Gasteiger partial charge in [-0.05, 0) is 45.2 Å². The van der Waals surface area contributed by atoms with E-state index < -0.39 is 0 Å². The van der Waals surface area contributed by atoms with Crippen molar-refractivity contribution in [3.63, 3.8) is 0 Å². The number of nitrogens with one attached hydrogen (secondary N) is 2. The average Bonchev–Trinajstić information content (AvgIpc) is 2.39. The first kappa shape index (κ1) is 16.4. The highest BCUT2D eigenvalue weighted by molar-refractivity contribution is 5.76. The lowest BCUT2D eigenvalue weighted by Gasteiger charge is -2.23. The largest absolute Gasteiger partial charge is 0.378 e. The number of amides is 1.